The van der Waals surface area contributed by atoms with Crippen LogP contribution in [0.2, 0.25) is 0 Å². The topological polar surface area (TPSA) is 57.5 Å². The summed E-state index contributed by atoms with van der Waals surface area (Å²) in [5, 5.41) is 16.1. The van der Waals surface area contributed by atoms with E-state index in [4.69, 9.17) is 13.5 Å². The Balaban J connectivity index is -0.0000000340. The molecule has 0 aromatic heterocycles. The van der Waals surface area contributed by atoms with Gasteiger partial charge in [0, 0.05) is 13.2 Å². The van der Waals surface area contributed by atoms with Gasteiger partial charge in [0.05, 0.1) is 0 Å². The van der Waals surface area contributed by atoms with Crippen molar-refractivity contribution < 1.29 is 33.9 Å². The molecule has 0 aromatic carbocycles. The molecule has 5 heteroatoms. The van der Waals surface area contributed by atoms with Crippen molar-refractivity contribution in [3.63, 3.8) is 0 Å². The third kappa shape index (κ3) is 155. The van der Waals surface area contributed by atoms with Crippen molar-refractivity contribution in [3.05, 3.63) is 13.8 Å². The van der Waals surface area contributed by atoms with E-state index in [2.05, 4.69) is 41.5 Å². The molecule has 3 nitrogen and oxygen atoms in total. The van der Waals surface area contributed by atoms with Crippen LogP contribution in [0.25, 0.3) is 0 Å². The van der Waals surface area contributed by atoms with Crippen molar-refractivity contribution in [2.45, 2.75) is 79.1 Å². The van der Waals surface area contributed by atoms with Crippen LogP contribution < -0.4 is 0 Å². The van der Waals surface area contributed by atoms with E-state index >= 15 is 0 Å². The minimum absolute atomic E-state index is 0. The molecule has 130 valence electrons. The van der Waals surface area contributed by atoms with Crippen molar-refractivity contribution in [1.82, 2.24) is 0 Å². The molecule has 0 saturated heterocycles. The SMILES string of the molecule is CCCCO.CCCCO.[AlH3].[CH2-]CCC.[CH2-]CCC.[O]=[Ti+2]. The summed E-state index contributed by atoms with van der Waals surface area (Å²) in [7, 11) is 0. The Bertz CT molecular complexity index is 81.6. The molecule has 0 atom stereocenters. The molecule has 0 spiro atoms. The molecule has 0 amide bonds. The van der Waals surface area contributed by atoms with Gasteiger partial charge in [0.2, 0.25) is 0 Å². The van der Waals surface area contributed by atoms with Gasteiger partial charge in [0.1, 0.15) is 0 Å². The Morgan fingerprint density at radius 2 is 0.905 bits per heavy atom. The zero-order valence-electron chi connectivity index (χ0n) is 14.3. The molecule has 0 aliphatic carbocycles. The Labute approximate surface area is 157 Å². The van der Waals surface area contributed by atoms with Crippen LogP contribution in [-0.2, 0) is 23.7 Å². The summed E-state index contributed by atoms with van der Waals surface area (Å²) >= 11 is 0.750. The van der Waals surface area contributed by atoms with E-state index in [0.29, 0.717) is 13.2 Å². The molecule has 0 saturated carbocycles. The Kier molecular flexibility index (Phi) is 125. The second kappa shape index (κ2) is 69.5. The van der Waals surface area contributed by atoms with Gasteiger partial charge < -0.3 is 24.1 Å². The van der Waals surface area contributed by atoms with Gasteiger partial charge in [-0.05, 0) is 12.8 Å². The number of aliphatic hydroxyl groups is 2. The van der Waals surface area contributed by atoms with E-state index in [1.165, 1.54) is 12.8 Å². The first-order valence-corrected chi connectivity index (χ1v) is 8.30. The molecule has 0 aliphatic rings. The average Bonchev–Trinajstić information content (AvgIpc) is 2.52. The molecule has 21 heavy (non-hydrogen) atoms. The first kappa shape index (κ1) is 37.9. The fourth-order valence-corrected chi connectivity index (χ4v) is 0.316. The zero-order chi connectivity index (χ0) is 17.1. The van der Waals surface area contributed by atoms with E-state index in [9.17, 15) is 0 Å². The first-order valence-electron chi connectivity index (χ1n) is 7.67. The summed E-state index contributed by atoms with van der Waals surface area (Å²) in [5.74, 6) is 0. The number of hydrogen-bond donors (Lipinski definition) is 2. The van der Waals surface area contributed by atoms with E-state index in [-0.39, 0.29) is 17.4 Å². The van der Waals surface area contributed by atoms with Crippen LogP contribution >= 0.6 is 0 Å². The van der Waals surface area contributed by atoms with Gasteiger partial charge in [0.15, 0.2) is 17.4 Å². The fourth-order valence-electron chi connectivity index (χ4n) is 0.316. The van der Waals surface area contributed by atoms with Crippen LogP contribution in [0, 0.1) is 13.8 Å². The number of aliphatic hydroxyl groups excluding tert-OH is 2. The van der Waals surface area contributed by atoms with Crippen LogP contribution in [0.1, 0.15) is 79.1 Å². The van der Waals surface area contributed by atoms with E-state index in [0.717, 1.165) is 58.9 Å². The monoisotopic (exact) mass is 356 g/mol. The fraction of sp³-hybridized carbons (Fsp3) is 0.875. The second-order valence-corrected chi connectivity index (χ2v) is 3.86. The van der Waals surface area contributed by atoms with Crippen LogP contribution in [0.5, 0.6) is 0 Å². The van der Waals surface area contributed by atoms with Crippen LogP contribution in [-0.4, -0.2) is 40.8 Å². The number of rotatable bonds is 6. The van der Waals surface area contributed by atoms with Gasteiger partial charge in [-0.15, -0.1) is 0 Å². The number of unbranched alkanes of at least 4 members (excludes halogenated alkanes) is 4. The standard InChI is InChI=1S/2C4H10O.2C4H9.Al.O.Ti.3H/c2*1-2-3-4-5;2*1-3-4-2;;;;;;/h2*5H,2-4H2,1H3;2*1,3-4H2,2H3;;;;;;/q;;2*-1;;;+2;;;. The van der Waals surface area contributed by atoms with E-state index < -0.39 is 0 Å². The second-order valence-electron chi connectivity index (χ2n) is 3.86. The first-order chi connectivity index (χ1) is 9.66. The molecule has 0 heterocycles. The Morgan fingerprint density at radius 3 is 0.905 bits per heavy atom. The summed E-state index contributed by atoms with van der Waals surface area (Å²) < 4.78 is 8.25. The van der Waals surface area contributed by atoms with Gasteiger partial charge >= 0.3 is 23.7 Å². The summed E-state index contributed by atoms with van der Waals surface area (Å²) in [6.45, 7) is 16.2. The predicted molar refractivity (Wildman–Crippen MR) is 95.1 cm³/mol. The summed E-state index contributed by atoms with van der Waals surface area (Å²) in [6, 6.07) is 0. The third-order valence-corrected chi connectivity index (χ3v) is 1.73. The molecule has 0 bridgehead atoms. The molecule has 2 N–H and O–H groups in total. The van der Waals surface area contributed by atoms with Gasteiger partial charge in [-0.3, -0.25) is 0 Å². The molecule has 0 aliphatic heterocycles. The number of hydrogen-bond acceptors (Lipinski definition) is 3. The van der Waals surface area contributed by atoms with E-state index in [1.807, 2.05) is 0 Å². The van der Waals surface area contributed by atoms with Crippen molar-refractivity contribution >= 4 is 17.4 Å². The van der Waals surface area contributed by atoms with Crippen molar-refractivity contribution in [1.29, 1.82) is 0 Å². The predicted octanol–water partition coefficient (Wildman–Crippen LogP) is 3.49. The van der Waals surface area contributed by atoms with Gasteiger partial charge in [-0.2, -0.15) is 12.8 Å². The maximum atomic E-state index is 8.25. The quantitative estimate of drug-likeness (QED) is 0.566. The summed E-state index contributed by atoms with van der Waals surface area (Å²) in [4.78, 5) is 0. The van der Waals surface area contributed by atoms with Gasteiger partial charge in [-0.1, -0.05) is 53.4 Å². The third-order valence-electron chi connectivity index (χ3n) is 1.73. The summed E-state index contributed by atoms with van der Waals surface area (Å²) in [6.07, 6.45) is 8.63. The molecule has 0 aromatic rings. The van der Waals surface area contributed by atoms with Crippen LogP contribution in [0.4, 0.5) is 0 Å². The summed E-state index contributed by atoms with van der Waals surface area (Å²) in [5.41, 5.74) is 0. The van der Waals surface area contributed by atoms with Crippen molar-refractivity contribution in [2.24, 2.45) is 0 Å². The van der Waals surface area contributed by atoms with Crippen LogP contribution in [0.15, 0.2) is 0 Å². The van der Waals surface area contributed by atoms with Gasteiger partial charge in [-0.25, -0.2) is 0 Å². The van der Waals surface area contributed by atoms with Crippen molar-refractivity contribution in [3.8, 4) is 0 Å². The normalized spacial score (nSPS) is 7.14. The Hall–Kier alpha value is 0.967. The Morgan fingerprint density at radius 1 is 0.714 bits per heavy atom. The van der Waals surface area contributed by atoms with Gasteiger partial charge in [0.25, 0.3) is 0 Å². The van der Waals surface area contributed by atoms with Crippen molar-refractivity contribution in [2.75, 3.05) is 13.2 Å². The zero-order valence-corrected chi connectivity index (χ0v) is 15.8. The molecule has 0 radical (unpaired) electrons. The molecule has 0 fully saturated rings. The van der Waals surface area contributed by atoms with Crippen LogP contribution in [0.3, 0.4) is 0 Å². The molecular formula is C16H41AlO3Ti. The molecule has 0 rings (SSSR count). The molecular weight excluding hydrogens is 315 g/mol. The minimum atomic E-state index is 0. The van der Waals surface area contributed by atoms with E-state index in [1.54, 1.807) is 0 Å². The maximum absolute atomic E-state index is 8.25. The average molecular weight is 356 g/mol. The molecule has 0 unspecified atom stereocenters.